The van der Waals surface area contributed by atoms with Crippen LogP contribution in [0.4, 0.5) is 0 Å². The van der Waals surface area contributed by atoms with Crippen LogP contribution in [0.5, 0.6) is 0 Å². The van der Waals surface area contributed by atoms with Gasteiger partial charge in [-0.2, -0.15) is 0 Å². The van der Waals surface area contributed by atoms with Gasteiger partial charge in [-0.25, -0.2) is 4.79 Å². The number of rotatable bonds is 5. The summed E-state index contributed by atoms with van der Waals surface area (Å²) in [5, 5.41) is 11.4. The molecule has 2 N–H and O–H groups in total. The smallest absolute Gasteiger partial charge is 0.326 e. The molecule has 6 nitrogen and oxygen atoms in total. The van der Waals surface area contributed by atoms with Crippen molar-refractivity contribution in [3.05, 3.63) is 0 Å². The van der Waals surface area contributed by atoms with E-state index in [9.17, 15) is 14.4 Å². The number of esters is 1. The van der Waals surface area contributed by atoms with Gasteiger partial charge in [0.15, 0.2) is 0 Å². The van der Waals surface area contributed by atoms with Gasteiger partial charge in [-0.1, -0.05) is 0 Å². The largest absolute Gasteiger partial charge is 0.480 e. The fraction of sp³-hybridized carbons (Fsp3) is 0.750. The summed E-state index contributed by atoms with van der Waals surface area (Å²) >= 11 is 0. The van der Waals surface area contributed by atoms with Gasteiger partial charge in [0, 0.05) is 5.92 Å². The number of methoxy groups -OCH3 is 1. The molecule has 100 valence electrons. The highest BCUT2D eigenvalue weighted by Crippen LogP contribution is 2.54. The molecule has 1 amide bonds. The van der Waals surface area contributed by atoms with Crippen LogP contribution in [0.2, 0.25) is 0 Å². The number of amides is 1. The molecule has 2 aliphatic rings. The third-order valence-electron chi connectivity index (χ3n) is 3.83. The summed E-state index contributed by atoms with van der Waals surface area (Å²) < 4.78 is 4.41. The molecule has 0 radical (unpaired) electrons. The first kappa shape index (κ1) is 12.9. The van der Waals surface area contributed by atoms with E-state index in [0.717, 1.165) is 12.8 Å². The average molecular weight is 255 g/mol. The number of nitrogens with one attached hydrogen (secondary N) is 1. The molecule has 2 rings (SSSR count). The lowest BCUT2D eigenvalue weighted by atomic mass is 10.0. The van der Waals surface area contributed by atoms with Crippen LogP contribution in [-0.2, 0) is 19.1 Å². The van der Waals surface area contributed by atoms with Crippen molar-refractivity contribution in [1.82, 2.24) is 5.32 Å². The maximum absolute atomic E-state index is 11.9. The summed E-state index contributed by atoms with van der Waals surface area (Å²) in [5.41, 5.74) is 0. The first-order valence-corrected chi connectivity index (χ1v) is 6.11. The van der Waals surface area contributed by atoms with Crippen LogP contribution in [0.3, 0.4) is 0 Å². The van der Waals surface area contributed by atoms with E-state index in [4.69, 9.17) is 5.11 Å². The topological polar surface area (TPSA) is 92.7 Å². The number of carboxylic acid groups (broad SMARTS) is 1. The van der Waals surface area contributed by atoms with Gasteiger partial charge < -0.3 is 15.2 Å². The highest BCUT2D eigenvalue weighted by molar-refractivity contribution is 5.88. The molecule has 2 unspecified atom stereocenters. The quantitative estimate of drug-likeness (QED) is 0.683. The van der Waals surface area contributed by atoms with Crippen LogP contribution in [0, 0.1) is 17.8 Å². The molecular weight excluding hydrogens is 238 g/mol. The zero-order valence-corrected chi connectivity index (χ0v) is 10.2. The summed E-state index contributed by atoms with van der Waals surface area (Å²) in [4.78, 5) is 33.9. The Balaban J connectivity index is 1.85. The minimum Gasteiger partial charge on any atom is -0.480 e. The minimum absolute atomic E-state index is 0.0896. The van der Waals surface area contributed by atoms with E-state index in [2.05, 4.69) is 10.1 Å². The average Bonchev–Trinajstić information content (AvgIpc) is 2.94. The van der Waals surface area contributed by atoms with Crippen LogP contribution < -0.4 is 5.32 Å². The number of aliphatic carboxylic acids is 1. The van der Waals surface area contributed by atoms with Crippen molar-refractivity contribution in [2.45, 2.75) is 31.7 Å². The second-order valence-corrected chi connectivity index (χ2v) is 5.10. The van der Waals surface area contributed by atoms with Gasteiger partial charge in [-0.3, -0.25) is 9.59 Å². The van der Waals surface area contributed by atoms with E-state index in [-0.39, 0.29) is 18.2 Å². The molecule has 0 aromatic rings. The first-order chi connectivity index (χ1) is 8.51. The minimum atomic E-state index is -1.21. The zero-order chi connectivity index (χ0) is 13.3. The normalized spacial score (nSPS) is 30.2. The third kappa shape index (κ3) is 2.80. The van der Waals surface area contributed by atoms with Gasteiger partial charge in [0.05, 0.1) is 13.5 Å². The third-order valence-corrected chi connectivity index (χ3v) is 3.83. The Hall–Kier alpha value is -1.59. The summed E-state index contributed by atoms with van der Waals surface area (Å²) in [6.45, 7) is 0. The number of hydrogen-bond donors (Lipinski definition) is 2. The molecule has 18 heavy (non-hydrogen) atoms. The fourth-order valence-electron chi connectivity index (χ4n) is 2.67. The second-order valence-electron chi connectivity index (χ2n) is 5.10. The maximum atomic E-state index is 11.9. The fourth-order valence-corrected chi connectivity index (χ4v) is 2.67. The molecule has 0 aliphatic heterocycles. The van der Waals surface area contributed by atoms with E-state index in [1.807, 2.05) is 0 Å². The van der Waals surface area contributed by atoms with Crippen molar-refractivity contribution in [2.24, 2.45) is 17.8 Å². The van der Waals surface area contributed by atoms with E-state index in [1.54, 1.807) is 0 Å². The van der Waals surface area contributed by atoms with Crippen molar-refractivity contribution < 1.29 is 24.2 Å². The predicted octanol–water partition coefficient (Wildman–Crippen LogP) is 0.165. The lowest BCUT2D eigenvalue weighted by Crippen LogP contribution is -2.44. The van der Waals surface area contributed by atoms with Crippen molar-refractivity contribution in [1.29, 1.82) is 0 Å². The van der Waals surface area contributed by atoms with Crippen molar-refractivity contribution in [2.75, 3.05) is 7.11 Å². The van der Waals surface area contributed by atoms with Crippen LogP contribution in [-0.4, -0.2) is 36.1 Å². The number of carbonyl (C=O) groups excluding carboxylic acids is 2. The molecule has 0 spiro atoms. The zero-order valence-electron chi connectivity index (χ0n) is 10.2. The summed E-state index contributed by atoms with van der Waals surface area (Å²) in [6, 6.07) is -1.19. The van der Waals surface area contributed by atoms with Crippen molar-refractivity contribution >= 4 is 17.8 Å². The van der Waals surface area contributed by atoms with Gasteiger partial charge in [0.1, 0.15) is 6.04 Å². The Kier molecular flexibility index (Phi) is 3.54. The molecule has 2 saturated carbocycles. The maximum Gasteiger partial charge on any atom is 0.326 e. The highest BCUT2D eigenvalue weighted by Gasteiger charge is 2.48. The molecule has 6 heteroatoms. The van der Waals surface area contributed by atoms with Crippen LogP contribution in [0.15, 0.2) is 0 Å². The SMILES string of the molecule is COC(=O)C[C@H](NC(=O)C1CC2CC2C1)C(=O)O. The van der Waals surface area contributed by atoms with Crippen LogP contribution in [0.25, 0.3) is 0 Å². The molecule has 2 aliphatic carbocycles. The van der Waals surface area contributed by atoms with E-state index < -0.39 is 18.0 Å². The molecule has 0 heterocycles. The Morgan fingerprint density at radius 1 is 1.28 bits per heavy atom. The lowest BCUT2D eigenvalue weighted by molar-refractivity contribution is -0.149. The monoisotopic (exact) mass is 255 g/mol. The number of ether oxygens (including phenoxy) is 1. The van der Waals surface area contributed by atoms with Crippen LogP contribution >= 0.6 is 0 Å². The Morgan fingerprint density at radius 3 is 2.39 bits per heavy atom. The van der Waals surface area contributed by atoms with Crippen molar-refractivity contribution in [3.63, 3.8) is 0 Å². The molecular formula is C12H17NO5. The van der Waals surface area contributed by atoms with Gasteiger partial charge in [0.2, 0.25) is 5.91 Å². The summed E-state index contributed by atoms with van der Waals surface area (Å²) in [6.07, 6.45) is 2.56. The van der Waals surface area contributed by atoms with E-state index in [1.165, 1.54) is 13.5 Å². The molecule has 0 aromatic carbocycles. The van der Waals surface area contributed by atoms with Crippen LogP contribution in [0.1, 0.15) is 25.7 Å². The summed E-state index contributed by atoms with van der Waals surface area (Å²) in [7, 11) is 1.19. The Bertz CT molecular complexity index is 371. The summed E-state index contributed by atoms with van der Waals surface area (Å²) in [5.74, 6) is -0.880. The number of hydrogen-bond acceptors (Lipinski definition) is 4. The van der Waals surface area contributed by atoms with Gasteiger partial charge in [-0.15, -0.1) is 0 Å². The predicted molar refractivity (Wildman–Crippen MR) is 60.5 cm³/mol. The molecule has 0 aromatic heterocycles. The van der Waals surface area contributed by atoms with Gasteiger partial charge >= 0.3 is 11.9 Å². The molecule has 0 bridgehead atoms. The molecule has 2 fully saturated rings. The van der Waals surface area contributed by atoms with E-state index >= 15 is 0 Å². The standard InChI is InChI=1S/C12H17NO5/c1-18-10(14)5-9(12(16)17)13-11(15)8-3-6-2-7(6)4-8/h6-9H,2-5H2,1H3,(H,13,15)(H,16,17)/t6?,7?,8?,9-/m0/s1. The van der Waals surface area contributed by atoms with Crippen molar-refractivity contribution in [3.8, 4) is 0 Å². The Morgan fingerprint density at radius 2 is 1.89 bits per heavy atom. The lowest BCUT2D eigenvalue weighted by Gasteiger charge is -2.17. The molecule has 0 saturated heterocycles. The van der Waals surface area contributed by atoms with E-state index in [0.29, 0.717) is 11.8 Å². The number of fused-ring (bicyclic) bond motifs is 1. The highest BCUT2D eigenvalue weighted by atomic mass is 16.5. The van der Waals surface area contributed by atoms with Gasteiger partial charge in [-0.05, 0) is 31.1 Å². The number of carbonyl (C=O) groups is 3. The first-order valence-electron chi connectivity index (χ1n) is 6.11. The molecule has 3 atom stereocenters. The number of carboxylic acids is 1. The second kappa shape index (κ2) is 4.96. The van der Waals surface area contributed by atoms with Gasteiger partial charge in [0.25, 0.3) is 0 Å². The Labute approximate surface area is 105 Å².